The number of aromatic nitrogens is 3. The first-order chi connectivity index (χ1) is 11.2. The van der Waals surface area contributed by atoms with Gasteiger partial charge in [-0.15, -0.1) is 12.4 Å². The van der Waals surface area contributed by atoms with Crippen molar-refractivity contribution >= 4 is 12.4 Å². The summed E-state index contributed by atoms with van der Waals surface area (Å²) < 4.78 is 7.57. The first-order valence-corrected chi connectivity index (χ1v) is 8.02. The van der Waals surface area contributed by atoms with E-state index in [2.05, 4.69) is 32.9 Å². The summed E-state index contributed by atoms with van der Waals surface area (Å²) in [7, 11) is 2.01. The average molecular weight is 345 g/mol. The standard InChI is InChI=1S/C18H20N4O.ClH/c1-22-14(13-7-3-2-4-8-13)9-10-15(22)16-20-17(21-23-16)18(19)11-5-6-12-18;/h2-4,7-10H,5-6,11-12,19H2,1H3;1H. The average Bonchev–Trinajstić information content (AvgIpc) is 3.28. The number of halogens is 1. The zero-order valence-corrected chi connectivity index (χ0v) is 14.4. The topological polar surface area (TPSA) is 69.9 Å². The van der Waals surface area contributed by atoms with Crippen LogP contribution in [0.5, 0.6) is 0 Å². The van der Waals surface area contributed by atoms with Crippen LogP contribution < -0.4 is 5.73 Å². The number of hydrogen-bond donors (Lipinski definition) is 1. The number of hydrogen-bond acceptors (Lipinski definition) is 4. The van der Waals surface area contributed by atoms with Gasteiger partial charge in [-0.1, -0.05) is 48.3 Å². The molecule has 1 saturated carbocycles. The molecule has 24 heavy (non-hydrogen) atoms. The number of rotatable bonds is 3. The lowest BCUT2D eigenvalue weighted by Crippen LogP contribution is -2.34. The van der Waals surface area contributed by atoms with Gasteiger partial charge in [0.15, 0.2) is 5.82 Å². The van der Waals surface area contributed by atoms with Gasteiger partial charge in [0.1, 0.15) is 5.69 Å². The third-order valence-electron chi connectivity index (χ3n) is 4.78. The van der Waals surface area contributed by atoms with Gasteiger partial charge < -0.3 is 14.8 Å². The van der Waals surface area contributed by atoms with E-state index in [1.807, 2.05) is 31.3 Å². The van der Waals surface area contributed by atoms with E-state index < -0.39 is 5.54 Å². The van der Waals surface area contributed by atoms with E-state index in [4.69, 9.17) is 10.3 Å². The van der Waals surface area contributed by atoms with Crippen LogP contribution in [0.25, 0.3) is 22.8 Å². The molecule has 6 heteroatoms. The van der Waals surface area contributed by atoms with Gasteiger partial charge in [-0.3, -0.25) is 0 Å². The molecule has 2 aromatic heterocycles. The summed E-state index contributed by atoms with van der Waals surface area (Å²) in [5.74, 6) is 1.16. The van der Waals surface area contributed by atoms with Crippen molar-refractivity contribution in [3.8, 4) is 22.8 Å². The minimum Gasteiger partial charge on any atom is -0.340 e. The molecule has 1 aliphatic carbocycles. The number of nitrogens with zero attached hydrogens (tertiary/aromatic N) is 3. The Hall–Kier alpha value is -2.11. The van der Waals surface area contributed by atoms with Crippen molar-refractivity contribution in [1.82, 2.24) is 14.7 Å². The van der Waals surface area contributed by atoms with E-state index >= 15 is 0 Å². The fraction of sp³-hybridized carbons (Fsp3) is 0.333. The van der Waals surface area contributed by atoms with E-state index in [1.54, 1.807) is 0 Å². The molecule has 0 radical (unpaired) electrons. The first kappa shape index (κ1) is 16.7. The summed E-state index contributed by atoms with van der Waals surface area (Å²) in [6, 6.07) is 14.3. The summed E-state index contributed by atoms with van der Waals surface area (Å²) in [6.07, 6.45) is 4.11. The summed E-state index contributed by atoms with van der Waals surface area (Å²) in [4.78, 5) is 4.58. The van der Waals surface area contributed by atoms with E-state index in [0.29, 0.717) is 11.7 Å². The predicted octanol–water partition coefficient (Wildman–Crippen LogP) is 3.89. The third kappa shape index (κ3) is 2.74. The first-order valence-electron chi connectivity index (χ1n) is 8.02. The van der Waals surface area contributed by atoms with Crippen LogP contribution >= 0.6 is 12.4 Å². The molecule has 2 heterocycles. The molecule has 5 nitrogen and oxygen atoms in total. The zero-order chi connectivity index (χ0) is 15.9. The van der Waals surface area contributed by atoms with Gasteiger partial charge >= 0.3 is 0 Å². The van der Waals surface area contributed by atoms with Crippen LogP contribution in [0.1, 0.15) is 31.5 Å². The lowest BCUT2D eigenvalue weighted by Gasteiger charge is -2.17. The minimum atomic E-state index is -0.421. The third-order valence-corrected chi connectivity index (χ3v) is 4.78. The Morgan fingerprint density at radius 1 is 1.04 bits per heavy atom. The highest BCUT2D eigenvalue weighted by Gasteiger charge is 2.36. The van der Waals surface area contributed by atoms with Gasteiger partial charge in [-0.2, -0.15) is 4.98 Å². The molecule has 1 aliphatic rings. The molecule has 0 spiro atoms. The Labute approximate surface area is 147 Å². The molecule has 0 aliphatic heterocycles. The second-order valence-electron chi connectivity index (χ2n) is 6.32. The molecule has 0 atom stereocenters. The van der Waals surface area contributed by atoms with Crippen LogP contribution in [-0.2, 0) is 12.6 Å². The highest BCUT2D eigenvalue weighted by Crippen LogP contribution is 2.36. The highest BCUT2D eigenvalue weighted by atomic mass is 35.5. The van der Waals surface area contributed by atoms with Crippen LogP contribution in [-0.4, -0.2) is 14.7 Å². The minimum absolute atomic E-state index is 0. The Morgan fingerprint density at radius 2 is 1.71 bits per heavy atom. The molecular formula is C18H21ClN4O. The Morgan fingerprint density at radius 3 is 2.42 bits per heavy atom. The molecule has 2 N–H and O–H groups in total. The fourth-order valence-electron chi connectivity index (χ4n) is 3.38. The molecule has 4 rings (SSSR count). The van der Waals surface area contributed by atoms with Gasteiger partial charge in [0.2, 0.25) is 0 Å². The summed E-state index contributed by atoms with van der Waals surface area (Å²) in [6.45, 7) is 0. The van der Waals surface area contributed by atoms with Gasteiger partial charge in [-0.05, 0) is 30.5 Å². The van der Waals surface area contributed by atoms with Gasteiger partial charge in [0.25, 0.3) is 5.89 Å². The molecule has 1 aromatic carbocycles. The Kier molecular flexibility index (Phi) is 4.47. The van der Waals surface area contributed by atoms with Crippen molar-refractivity contribution in [2.24, 2.45) is 12.8 Å². The fourth-order valence-corrected chi connectivity index (χ4v) is 3.38. The molecule has 126 valence electrons. The number of benzene rings is 1. The maximum Gasteiger partial charge on any atom is 0.274 e. The van der Waals surface area contributed by atoms with Crippen LogP contribution in [0.2, 0.25) is 0 Å². The zero-order valence-electron chi connectivity index (χ0n) is 13.6. The highest BCUT2D eigenvalue weighted by molar-refractivity contribution is 5.85. The molecule has 0 unspecified atom stereocenters. The SMILES string of the molecule is Cl.Cn1c(-c2ccccc2)ccc1-c1nc(C2(N)CCCC2)no1. The van der Waals surface area contributed by atoms with E-state index in [0.717, 1.165) is 42.6 Å². The van der Waals surface area contributed by atoms with Crippen molar-refractivity contribution in [3.63, 3.8) is 0 Å². The second kappa shape index (κ2) is 6.42. The van der Waals surface area contributed by atoms with Crippen LogP contribution in [0, 0.1) is 0 Å². The largest absolute Gasteiger partial charge is 0.340 e. The van der Waals surface area contributed by atoms with E-state index in [1.165, 1.54) is 0 Å². The van der Waals surface area contributed by atoms with Crippen molar-refractivity contribution in [3.05, 3.63) is 48.3 Å². The van der Waals surface area contributed by atoms with Crippen LogP contribution in [0.3, 0.4) is 0 Å². The van der Waals surface area contributed by atoms with Crippen molar-refractivity contribution < 1.29 is 4.52 Å². The van der Waals surface area contributed by atoms with Gasteiger partial charge in [-0.25, -0.2) is 0 Å². The summed E-state index contributed by atoms with van der Waals surface area (Å²) >= 11 is 0. The van der Waals surface area contributed by atoms with Crippen molar-refractivity contribution in [2.75, 3.05) is 0 Å². The molecule has 0 saturated heterocycles. The summed E-state index contributed by atoms with van der Waals surface area (Å²) in [5, 5.41) is 4.15. The predicted molar refractivity (Wildman–Crippen MR) is 95.7 cm³/mol. The van der Waals surface area contributed by atoms with Gasteiger partial charge in [0.05, 0.1) is 5.54 Å². The lowest BCUT2D eigenvalue weighted by molar-refractivity contribution is 0.372. The van der Waals surface area contributed by atoms with Crippen LogP contribution in [0.15, 0.2) is 47.0 Å². The summed E-state index contributed by atoms with van der Waals surface area (Å²) in [5.41, 5.74) is 9.17. The smallest absolute Gasteiger partial charge is 0.274 e. The molecule has 0 amide bonds. The number of nitrogens with two attached hydrogens (primary N) is 1. The second-order valence-corrected chi connectivity index (χ2v) is 6.32. The monoisotopic (exact) mass is 344 g/mol. The maximum atomic E-state index is 6.41. The lowest BCUT2D eigenvalue weighted by atomic mass is 9.99. The van der Waals surface area contributed by atoms with E-state index in [9.17, 15) is 0 Å². The maximum absolute atomic E-state index is 6.41. The van der Waals surface area contributed by atoms with Crippen molar-refractivity contribution in [1.29, 1.82) is 0 Å². The molecule has 3 aromatic rings. The van der Waals surface area contributed by atoms with Crippen molar-refractivity contribution in [2.45, 2.75) is 31.2 Å². The quantitative estimate of drug-likeness (QED) is 0.782. The Balaban J connectivity index is 0.00000169. The van der Waals surface area contributed by atoms with E-state index in [-0.39, 0.29) is 12.4 Å². The molecule has 1 fully saturated rings. The normalized spacial score (nSPS) is 16.1. The van der Waals surface area contributed by atoms with Crippen LogP contribution in [0.4, 0.5) is 0 Å². The van der Waals surface area contributed by atoms with Gasteiger partial charge in [0, 0.05) is 12.7 Å². The molecular weight excluding hydrogens is 324 g/mol. The molecule has 0 bridgehead atoms. The Bertz CT molecular complexity index is 819.